The molecule has 558 valence electrons. The third kappa shape index (κ3) is 66.0. The van der Waals surface area contributed by atoms with Crippen molar-refractivity contribution in [1.29, 1.82) is 0 Å². The van der Waals surface area contributed by atoms with Gasteiger partial charge in [-0.1, -0.05) is 325 Å². The number of hydrogen-bond acceptors (Lipinski definition) is 15. The molecule has 4 unspecified atom stereocenters. The fourth-order valence-electron chi connectivity index (χ4n) is 11.3. The molecule has 0 aromatic heterocycles. The number of phosphoric acid groups is 2. The van der Waals surface area contributed by atoms with E-state index in [1.807, 2.05) is 0 Å². The number of rotatable bonds is 72. The van der Waals surface area contributed by atoms with Crippen molar-refractivity contribution in [1.82, 2.24) is 0 Å². The SMILES string of the molecule is CCC(C)CCCCCCCCCCCCC(=O)OC[C@H](COP(=O)(O)OC[C@@H](O)COP(=O)(O)OC[C@@H](COC(=O)CCCCCCCCCCCCC(C)C)OC(=O)CCCCCCCCCCCCC(C)C)OC(=O)CCCCCCCCCCCCC(C)CC. The van der Waals surface area contributed by atoms with Gasteiger partial charge in [-0.05, 0) is 49.4 Å². The third-order valence-corrected chi connectivity index (χ3v) is 19.9. The maximum absolute atomic E-state index is 13.1. The van der Waals surface area contributed by atoms with Gasteiger partial charge in [0.05, 0.1) is 26.4 Å². The highest BCUT2D eigenvalue weighted by molar-refractivity contribution is 7.47. The lowest BCUT2D eigenvalue weighted by Crippen LogP contribution is -2.30. The van der Waals surface area contributed by atoms with E-state index in [9.17, 15) is 43.2 Å². The lowest BCUT2D eigenvalue weighted by Gasteiger charge is -2.21. The highest BCUT2D eigenvalue weighted by Crippen LogP contribution is 2.45. The molecule has 0 aromatic carbocycles. The average Bonchev–Trinajstić information content (AvgIpc) is 1.35. The van der Waals surface area contributed by atoms with Crippen LogP contribution < -0.4 is 0 Å². The van der Waals surface area contributed by atoms with Crippen LogP contribution in [0.2, 0.25) is 0 Å². The minimum Gasteiger partial charge on any atom is -0.462 e. The second kappa shape index (κ2) is 64.4. The summed E-state index contributed by atoms with van der Waals surface area (Å²) in [6.07, 6.45) is 48.3. The minimum atomic E-state index is -4.96. The third-order valence-electron chi connectivity index (χ3n) is 18.0. The van der Waals surface area contributed by atoms with Gasteiger partial charge in [-0.15, -0.1) is 0 Å². The van der Waals surface area contributed by atoms with E-state index in [1.165, 1.54) is 180 Å². The Morgan fingerprint density at radius 1 is 0.298 bits per heavy atom. The molecule has 94 heavy (non-hydrogen) atoms. The molecule has 0 fully saturated rings. The van der Waals surface area contributed by atoms with Crippen molar-refractivity contribution in [3.05, 3.63) is 0 Å². The summed E-state index contributed by atoms with van der Waals surface area (Å²) in [6, 6.07) is 0. The molecule has 0 aliphatic rings. The van der Waals surface area contributed by atoms with E-state index in [2.05, 4.69) is 55.4 Å². The Kier molecular flexibility index (Phi) is 63.1. The van der Waals surface area contributed by atoms with Crippen LogP contribution in [0.5, 0.6) is 0 Å². The summed E-state index contributed by atoms with van der Waals surface area (Å²) in [5, 5.41) is 10.6. The molecule has 3 N–H and O–H groups in total. The van der Waals surface area contributed by atoms with Crippen molar-refractivity contribution in [2.45, 2.75) is 395 Å². The fraction of sp³-hybridized carbons (Fsp3) is 0.947. The number of carbonyl (C=O) groups excluding carboxylic acids is 4. The van der Waals surface area contributed by atoms with Crippen LogP contribution in [-0.4, -0.2) is 96.7 Å². The molecule has 0 saturated heterocycles. The zero-order valence-electron chi connectivity index (χ0n) is 61.6. The molecule has 0 amide bonds. The number of unbranched alkanes of at least 4 members (excludes halogenated alkanes) is 36. The molecule has 0 rings (SSSR count). The van der Waals surface area contributed by atoms with E-state index < -0.39 is 97.5 Å². The Bertz CT molecular complexity index is 1850. The van der Waals surface area contributed by atoms with Gasteiger partial charge in [-0.3, -0.25) is 37.3 Å². The van der Waals surface area contributed by atoms with Crippen molar-refractivity contribution in [2.24, 2.45) is 23.7 Å². The summed E-state index contributed by atoms with van der Waals surface area (Å²) < 4.78 is 68.5. The Morgan fingerprint density at radius 2 is 0.511 bits per heavy atom. The van der Waals surface area contributed by atoms with Crippen molar-refractivity contribution in [2.75, 3.05) is 39.6 Å². The van der Waals surface area contributed by atoms with E-state index in [4.69, 9.17) is 37.0 Å². The van der Waals surface area contributed by atoms with Crippen molar-refractivity contribution >= 4 is 39.5 Å². The summed E-state index contributed by atoms with van der Waals surface area (Å²) in [6.45, 7) is 14.2. The first-order chi connectivity index (χ1) is 45.2. The van der Waals surface area contributed by atoms with Crippen LogP contribution in [0, 0.1) is 23.7 Å². The molecule has 0 aromatic rings. The number of phosphoric ester groups is 2. The zero-order chi connectivity index (χ0) is 69.6. The molecular weight excluding hydrogens is 1230 g/mol. The Balaban J connectivity index is 5.29. The topological polar surface area (TPSA) is 237 Å². The normalized spacial score (nSPS) is 14.7. The number of hydrogen-bond donors (Lipinski definition) is 3. The number of aliphatic hydroxyl groups is 1. The van der Waals surface area contributed by atoms with E-state index >= 15 is 0 Å². The molecule has 0 aliphatic heterocycles. The van der Waals surface area contributed by atoms with Gasteiger partial charge in [-0.25, -0.2) is 9.13 Å². The molecule has 0 bridgehead atoms. The standard InChI is InChI=1S/C75H146O17P2/c1-9-67(7)53-45-37-29-21-13-17-24-32-40-48-56-73(78)86-62-71(92-75(80)58-50-42-34-26-18-14-22-30-38-46-54-68(8)10-2)64-90-94(83,84)88-60-69(76)59-87-93(81,82)89-63-70(91-74(79)57-49-41-33-25-16-12-20-28-36-44-52-66(5)6)61-85-72(77)55-47-39-31-23-15-11-19-27-35-43-51-65(3)4/h65-71,76H,9-64H2,1-8H3,(H,81,82)(H,83,84)/t67?,68?,69-,70+,71+/m0/s1. The highest BCUT2D eigenvalue weighted by atomic mass is 31.2. The number of esters is 4. The zero-order valence-corrected chi connectivity index (χ0v) is 63.4. The van der Waals surface area contributed by atoms with E-state index in [0.717, 1.165) is 114 Å². The Hall–Kier alpha value is -1.94. The Labute approximate surface area is 575 Å². The summed E-state index contributed by atoms with van der Waals surface area (Å²) >= 11 is 0. The van der Waals surface area contributed by atoms with E-state index in [-0.39, 0.29) is 25.7 Å². The quantitative estimate of drug-likeness (QED) is 0.0222. The van der Waals surface area contributed by atoms with Crippen LogP contribution in [0.3, 0.4) is 0 Å². The van der Waals surface area contributed by atoms with Crippen LogP contribution in [0.15, 0.2) is 0 Å². The van der Waals surface area contributed by atoms with Crippen molar-refractivity contribution in [3.63, 3.8) is 0 Å². The van der Waals surface area contributed by atoms with Gasteiger partial charge >= 0.3 is 39.5 Å². The van der Waals surface area contributed by atoms with Crippen LogP contribution in [-0.2, 0) is 65.4 Å². The first kappa shape index (κ1) is 92.1. The molecule has 0 saturated carbocycles. The molecule has 17 nitrogen and oxygen atoms in total. The minimum absolute atomic E-state index is 0.105. The first-order valence-corrected chi connectivity index (χ1v) is 41.8. The first-order valence-electron chi connectivity index (χ1n) is 38.8. The van der Waals surface area contributed by atoms with Gasteiger partial charge in [0.1, 0.15) is 19.3 Å². The fourth-order valence-corrected chi connectivity index (χ4v) is 12.9. The molecule has 0 aliphatic carbocycles. The molecular formula is C75H146O17P2. The smallest absolute Gasteiger partial charge is 0.462 e. The number of carbonyl (C=O) groups is 4. The number of ether oxygens (including phenoxy) is 4. The number of aliphatic hydroxyl groups excluding tert-OH is 1. The van der Waals surface area contributed by atoms with Gasteiger partial charge in [0.15, 0.2) is 12.2 Å². The summed E-state index contributed by atoms with van der Waals surface area (Å²) in [4.78, 5) is 72.8. The highest BCUT2D eigenvalue weighted by Gasteiger charge is 2.30. The predicted molar refractivity (Wildman–Crippen MR) is 381 cm³/mol. The Morgan fingerprint density at radius 3 is 0.755 bits per heavy atom. The molecule has 0 heterocycles. The van der Waals surface area contributed by atoms with Gasteiger partial charge in [0.2, 0.25) is 0 Å². The van der Waals surface area contributed by atoms with E-state index in [0.29, 0.717) is 25.7 Å². The average molecular weight is 1380 g/mol. The van der Waals surface area contributed by atoms with Gasteiger partial charge in [0.25, 0.3) is 0 Å². The maximum Gasteiger partial charge on any atom is 0.472 e. The largest absolute Gasteiger partial charge is 0.472 e. The van der Waals surface area contributed by atoms with Gasteiger partial charge < -0.3 is 33.8 Å². The summed E-state index contributed by atoms with van der Waals surface area (Å²) in [5.41, 5.74) is 0. The maximum atomic E-state index is 13.1. The second-order valence-electron chi connectivity index (χ2n) is 28.5. The van der Waals surface area contributed by atoms with Crippen molar-refractivity contribution in [3.8, 4) is 0 Å². The molecule has 19 heteroatoms. The van der Waals surface area contributed by atoms with Gasteiger partial charge in [-0.2, -0.15) is 0 Å². The van der Waals surface area contributed by atoms with Crippen LogP contribution in [0.25, 0.3) is 0 Å². The predicted octanol–water partition coefficient (Wildman–Crippen LogP) is 21.7. The molecule has 7 atom stereocenters. The monoisotopic (exact) mass is 1380 g/mol. The lowest BCUT2D eigenvalue weighted by atomic mass is 9.99. The summed E-state index contributed by atoms with van der Waals surface area (Å²) in [5.74, 6) is 1.00. The van der Waals surface area contributed by atoms with E-state index in [1.54, 1.807) is 0 Å². The molecule has 0 spiro atoms. The van der Waals surface area contributed by atoms with Crippen molar-refractivity contribution < 1.29 is 80.2 Å². The summed E-state index contributed by atoms with van der Waals surface area (Å²) in [7, 11) is -9.91. The lowest BCUT2D eigenvalue weighted by molar-refractivity contribution is -0.161. The second-order valence-corrected chi connectivity index (χ2v) is 31.4. The van der Waals surface area contributed by atoms with Crippen LogP contribution in [0.1, 0.15) is 376 Å². The van der Waals surface area contributed by atoms with Crippen LogP contribution in [0.4, 0.5) is 0 Å². The van der Waals surface area contributed by atoms with Gasteiger partial charge in [0, 0.05) is 25.7 Å². The van der Waals surface area contributed by atoms with Crippen LogP contribution >= 0.6 is 15.6 Å². The molecule has 0 radical (unpaired) electrons.